The van der Waals surface area contributed by atoms with Crippen LogP contribution in [0.3, 0.4) is 0 Å². The number of rotatable bonds is 6. The van der Waals surface area contributed by atoms with E-state index >= 15 is 0 Å². The molecular formula is C16H21N3O. The van der Waals surface area contributed by atoms with E-state index in [4.69, 9.17) is 4.74 Å². The van der Waals surface area contributed by atoms with Crippen molar-refractivity contribution in [2.75, 3.05) is 6.54 Å². The topological polar surface area (TPSA) is 47.0 Å². The molecule has 4 heteroatoms. The molecule has 20 heavy (non-hydrogen) atoms. The number of pyridine rings is 2. The van der Waals surface area contributed by atoms with Gasteiger partial charge in [-0.05, 0) is 44.2 Å². The molecule has 0 spiro atoms. The number of aromatic nitrogens is 2. The lowest BCUT2D eigenvalue weighted by Gasteiger charge is -2.12. The van der Waals surface area contributed by atoms with Gasteiger partial charge >= 0.3 is 0 Å². The van der Waals surface area contributed by atoms with Crippen LogP contribution in [0.2, 0.25) is 0 Å². The molecule has 0 atom stereocenters. The quantitative estimate of drug-likeness (QED) is 0.877. The standard InChI is InChI=1S/C16H21N3O/c1-4-17-10-14-16(8-7-13(3)19-14)20-11-15-12(2)6-5-9-18-15/h5-9,17H,4,10-11H2,1-3H3. The van der Waals surface area contributed by atoms with Crippen molar-refractivity contribution in [3.63, 3.8) is 0 Å². The van der Waals surface area contributed by atoms with Crippen molar-refractivity contribution in [1.29, 1.82) is 0 Å². The number of ether oxygens (including phenoxy) is 1. The zero-order valence-corrected chi connectivity index (χ0v) is 12.3. The summed E-state index contributed by atoms with van der Waals surface area (Å²) in [4.78, 5) is 8.88. The van der Waals surface area contributed by atoms with E-state index in [1.165, 1.54) is 0 Å². The van der Waals surface area contributed by atoms with Gasteiger partial charge in [-0.25, -0.2) is 0 Å². The maximum atomic E-state index is 5.89. The fraction of sp³-hybridized carbons (Fsp3) is 0.375. The van der Waals surface area contributed by atoms with Crippen molar-refractivity contribution < 1.29 is 4.74 Å². The number of hydrogen-bond donors (Lipinski definition) is 1. The van der Waals surface area contributed by atoms with Crippen molar-refractivity contribution in [3.05, 3.63) is 53.1 Å². The zero-order chi connectivity index (χ0) is 14.4. The van der Waals surface area contributed by atoms with Gasteiger partial charge in [-0.1, -0.05) is 13.0 Å². The molecule has 0 bridgehead atoms. The molecule has 0 unspecified atom stereocenters. The first-order chi connectivity index (χ1) is 9.70. The Morgan fingerprint density at radius 2 is 2.00 bits per heavy atom. The smallest absolute Gasteiger partial charge is 0.142 e. The Morgan fingerprint density at radius 1 is 1.15 bits per heavy atom. The third kappa shape index (κ3) is 3.78. The largest absolute Gasteiger partial charge is 0.485 e. The number of hydrogen-bond acceptors (Lipinski definition) is 4. The minimum atomic E-state index is 0.469. The molecule has 4 nitrogen and oxygen atoms in total. The first kappa shape index (κ1) is 14.5. The van der Waals surface area contributed by atoms with E-state index in [0.29, 0.717) is 13.2 Å². The molecule has 0 aliphatic rings. The first-order valence-electron chi connectivity index (χ1n) is 6.91. The van der Waals surface area contributed by atoms with Crippen molar-refractivity contribution in [2.45, 2.75) is 33.9 Å². The monoisotopic (exact) mass is 271 g/mol. The molecule has 0 amide bonds. The molecule has 2 heterocycles. The molecule has 0 saturated heterocycles. The highest BCUT2D eigenvalue weighted by Crippen LogP contribution is 2.18. The average Bonchev–Trinajstić information content (AvgIpc) is 2.45. The Hall–Kier alpha value is -1.94. The van der Waals surface area contributed by atoms with E-state index in [-0.39, 0.29) is 0 Å². The van der Waals surface area contributed by atoms with Crippen LogP contribution in [0.4, 0.5) is 0 Å². The van der Waals surface area contributed by atoms with Crippen molar-refractivity contribution in [2.24, 2.45) is 0 Å². The molecule has 2 aromatic heterocycles. The fourth-order valence-corrected chi connectivity index (χ4v) is 1.91. The van der Waals surface area contributed by atoms with Crippen LogP contribution >= 0.6 is 0 Å². The highest BCUT2D eigenvalue weighted by Gasteiger charge is 2.07. The summed E-state index contributed by atoms with van der Waals surface area (Å²) in [5.41, 5.74) is 4.04. The molecule has 2 rings (SSSR count). The molecule has 0 aliphatic heterocycles. The third-order valence-corrected chi connectivity index (χ3v) is 3.10. The molecule has 0 aliphatic carbocycles. The van der Waals surface area contributed by atoms with Gasteiger partial charge < -0.3 is 10.1 Å². The number of nitrogens with one attached hydrogen (secondary N) is 1. The van der Waals surface area contributed by atoms with Crippen LogP contribution in [0.1, 0.15) is 29.6 Å². The maximum Gasteiger partial charge on any atom is 0.142 e. The van der Waals surface area contributed by atoms with E-state index in [1.807, 2.05) is 38.1 Å². The van der Waals surface area contributed by atoms with E-state index in [1.54, 1.807) is 6.20 Å². The highest BCUT2D eigenvalue weighted by molar-refractivity contribution is 5.29. The Bertz CT molecular complexity index is 569. The van der Waals surface area contributed by atoms with E-state index in [9.17, 15) is 0 Å². The van der Waals surface area contributed by atoms with Gasteiger partial charge in [0.1, 0.15) is 12.4 Å². The fourth-order valence-electron chi connectivity index (χ4n) is 1.91. The molecule has 2 aromatic rings. The summed E-state index contributed by atoms with van der Waals surface area (Å²) in [7, 11) is 0. The minimum absolute atomic E-state index is 0.469. The van der Waals surface area contributed by atoms with Gasteiger partial charge in [-0.3, -0.25) is 9.97 Å². The van der Waals surface area contributed by atoms with E-state index in [2.05, 4.69) is 22.2 Å². The lowest BCUT2D eigenvalue weighted by Crippen LogP contribution is -2.14. The van der Waals surface area contributed by atoms with Gasteiger partial charge in [-0.15, -0.1) is 0 Å². The number of nitrogens with zero attached hydrogens (tertiary/aromatic N) is 2. The molecule has 0 saturated carbocycles. The Morgan fingerprint density at radius 3 is 2.75 bits per heavy atom. The maximum absolute atomic E-state index is 5.89. The van der Waals surface area contributed by atoms with Gasteiger partial charge in [0.05, 0.1) is 11.4 Å². The second-order valence-corrected chi connectivity index (χ2v) is 4.73. The summed E-state index contributed by atoms with van der Waals surface area (Å²) < 4.78 is 5.89. The van der Waals surface area contributed by atoms with Crippen LogP contribution in [-0.4, -0.2) is 16.5 Å². The van der Waals surface area contributed by atoms with Crippen LogP contribution in [0.5, 0.6) is 5.75 Å². The van der Waals surface area contributed by atoms with Crippen molar-refractivity contribution in [1.82, 2.24) is 15.3 Å². The second-order valence-electron chi connectivity index (χ2n) is 4.73. The second kappa shape index (κ2) is 7.01. The van der Waals surface area contributed by atoms with Crippen LogP contribution < -0.4 is 10.1 Å². The molecule has 1 N–H and O–H groups in total. The SMILES string of the molecule is CCNCc1nc(C)ccc1OCc1ncccc1C. The van der Waals surface area contributed by atoms with Gasteiger partial charge in [0.15, 0.2) is 0 Å². The van der Waals surface area contributed by atoms with Crippen LogP contribution in [0.25, 0.3) is 0 Å². The molecular weight excluding hydrogens is 250 g/mol. The summed E-state index contributed by atoms with van der Waals surface area (Å²) in [5, 5.41) is 3.28. The lowest BCUT2D eigenvalue weighted by atomic mass is 10.2. The van der Waals surface area contributed by atoms with Gasteiger partial charge in [0, 0.05) is 18.4 Å². The minimum Gasteiger partial charge on any atom is -0.485 e. The predicted octanol–water partition coefficient (Wildman–Crippen LogP) is 2.78. The van der Waals surface area contributed by atoms with Gasteiger partial charge in [-0.2, -0.15) is 0 Å². The zero-order valence-electron chi connectivity index (χ0n) is 12.3. The Labute approximate surface area is 120 Å². The predicted molar refractivity (Wildman–Crippen MR) is 79.7 cm³/mol. The Balaban J connectivity index is 2.10. The Kier molecular flexibility index (Phi) is 5.07. The van der Waals surface area contributed by atoms with E-state index < -0.39 is 0 Å². The molecule has 0 aromatic carbocycles. The summed E-state index contributed by atoms with van der Waals surface area (Å²) in [6, 6.07) is 7.92. The summed E-state index contributed by atoms with van der Waals surface area (Å²) in [5.74, 6) is 0.821. The van der Waals surface area contributed by atoms with Crippen LogP contribution in [0.15, 0.2) is 30.5 Å². The molecule has 0 fully saturated rings. The van der Waals surface area contributed by atoms with Crippen molar-refractivity contribution >= 4 is 0 Å². The normalized spacial score (nSPS) is 10.6. The molecule has 0 radical (unpaired) electrons. The third-order valence-electron chi connectivity index (χ3n) is 3.10. The summed E-state index contributed by atoms with van der Waals surface area (Å²) in [6.07, 6.45) is 1.79. The highest BCUT2D eigenvalue weighted by atomic mass is 16.5. The van der Waals surface area contributed by atoms with Crippen LogP contribution in [-0.2, 0) is 13.2 Å². The van der Waals surface area contributed by atoms with Gasteiger partial charge in [0.25, 0.3) is 0 Å². The number of aryl methyl sites for hydroxylation is 2. The van der Waals surface area contributed by atoms with Crippen molar-refractivity contribution in [3.8, 4) is 5.75 Å². The lowest BCUT2D eigenvalue weighted by molar-refractivity contribution is 0.294. The van der Waals surface area contributed by atoms with Crippen LogP contribution in [0, 0.1) is 13.8 Å². The molecule has 106 valence electrons. The summed E-state index contributed by atoms with van der Waals surface area (Å²) in [6.45, 7) is 8.20. The van der Waals surface area contributed by atoms with E-state index in [0.717, 1.165) is 34.9 Å². The van der Waals surface area contributed by atoms with Gasteiger partial charge in [0.2, 0.25) is 0 Å². The average molecular weight is 271 g/mol. The summed E-state index contributed by atoms with van der Waals surface area (Å²) >= 11 is 0. The first-order valence-corrected chi connectivity index (χ1v) is 6.91.